The molecule has 1 aromatic rings. The van der Waals surface area contributed by atoms with Crippen molar-refractivity contribution in [1.82, 2.24) is 4.90 Å². The first kappa shape index (κ1) is 15.4. The quantitative estimate of drug-likeness (QED) is 0.679. The van der Waals surface area contributed by atoms with Crippen LogP contribution in [0.2, 0.25) is 0 Å². The first-order valence-corrected chi connectivity index (χ1v) is 7.76. The number of rotatable bonds is 3. The van der Waals surface area contributed by atoms with Crippen molar-refractivity contribution in [3.05, 3.63) is 35.7 Å². The molecule has 0 aliphatic carbocycles. The highest BCUT2D eigenvalue weighted by molar-refractivity contribution is 6.12. The van der Waals surface area contributed by atoms with Crippen molar-refractivity contribution < 1.29 is 24.2 Å². The SMILES string of the molecule is CCOC(=O)[C@@H]1CCCN(C=C2Oc3cc(O)ccc3C2=O)C1. The first-order valence-electron chi connectivity index (χ1n) is 7.76. The van der Waals surface area contributed by atoms with Crippen molar-refractivity contribution in [3.63, 3.8) is 0 Å². The second kappa shape index (κ2) is 6.32. The minimum Gasteiger partial charge on any atom is -0.508 e. The van der Waals surface area contributed by atoms with Crippen LogP contribution in [0.15, 0.2) is 30.2 Å². The van der Waals surface area contributed by atoms with Crippen LogP contribution in [0.25, 0.3) is 0 Å². The predicted molar refractivity (Wildman–Crippen MR) is 82.1 cm³/mol. The molecule has 1 saturated heterocycles. The Morgan fingerprint density at radius 3 is 3.13 bits per heavy atom. The van der Waals surface area contributed by atoms with E-state index in [2.05, 4.69) is 0 Å². The maximum absolute atomic E-state index is 12.3. The number of hydrogen-bond acceptors (Lipinski definition) is 6. The Kier molecular flexibility index (Phi) is 4.23. The summed E-state index contributed by atoms with van der Waals surface area (Å²) in [4.78, 5) is 26.1. The lowest BCUT2D eigenvalue weighted by Crippen LogP contribution is -2.36. The van der Waals surface area contributed by atoms with Gasteiger partial charge in [-0.25, -0.2) is 0 Å². The molecule has 0 bridgehead atoms. The van der Waals surface area contributed by atoms with Crippen LogP contribution in [-0.2, 0) is 9.53 Å². The highest BCUT2D eigenvalue weighted by atomic mass is 16.5. The number of fused-ring (bicyclic) bond motifs is 1. The zero-order valence-corrected chi connectivity index (χ0v) is 12.9. The number of ether oxygens (including phenoxy) is 2. The van der Waals surface area contributed by atoms with E-state index < -0.39 is 0 Å². The second-order valence-electron chi connectivity index (χ2n) is 5.69. The first-order chi connectivity index (χ1) is 11.1. The van der Waals surface area contributed by atoms with E-state index in [1.807, 2.05) is 4.90 Å². The fourth-order valence-corrected chi connectivity index (χ4v) is 2.91. The number of allylic oxidation sites excluding steroid dienone is 1. The number of piperidine rings is 1. The zero-order chi connectivity index (χ0) is 16.4. The van der Waals surface area contributed by atoms with Crippen molar-refractivity contribution in [1.29, 1.82) is 0 Å². The summed E-state index contributed by atoms with van der Waals surface area (Å²) in [5, 5.41) is 9.46. The van der Waals surface area contributed by atoms with Gasteiger partial charge in [-0.2, -0.15) is 0 Å². The van der Waals surface area contributed by atoms with E-state index in [4.69, 9.17) is 9.47 Å². The number of ketones is 1. The predicted octanol–water partition coefficient (Wildman–Crippen LogP) is 2.08. The Hall–Kier alpha value is -2.50. The number of Topliss-reactive ketones (excluding diaryl/α,β-unsaturated/α-hetero) is 1. The molecule has 1 atom stereocenters. The van der Waals surface area contributed by atoms with Crippen LogP contribution in [-0.4, -0.2) is 41.5 Å². The molecule has 1 aromatic carbocycles. The summed E-state index contributed by atoms with van der Waals surface area (Å²) >= 11 is 0. The summed E-state index contributed by atoms with van der Waals surface area (Å²) in [6.07, 6.45) is 3.31. The van der Waals surface area contributed by atoms with E-state index in [9.17, 15) is 14.7 Å². The Morgan fingerprint density at radius 1 is 1.52 bits per heavy atom. The summed E-state index contributed by atoms with van der Waals surface area (Å²) in [6, 6.07) is 4.43. The van der Waals surface area contributed by atoms with Gasteiger partial charge in [0.2, 0.25) is 5.78 Å². The molecule has 0 amide bonds. The van der Waals surface area contributed by atoms with Crippen molar-refractivity contribution in [2.75, 3.05) is 19.7 Å². The number of phenols is 1. The second-order valence-corrected chi connectivity index (χ2v) is 5.69. The van der Waals surface area contributed by atoms with E-state index in [0.29, 0.717) is 24.5 Å². The number of aromatic hydroxyl groups is 1. The number of carbonyl (C=O) groups is 2. The van der Waals surface area contributed by atoms with Crippen LogP contribution >= 0.6 is 0 Å². The summed E-state index contributed by atoms with van der Waals surface area (Å²) < 4.78 is 10.6. The molecule has 23 heavy (non-hydrogen) atoms. The van der Waals surface area contributed by atoms with Crippen LogP contribution in [0.3, 0.4) is 0 Å². The molecule has 0 saturated carbocycles. The summed E-state index contributed by atoms with van der Waals surface area (Å²) in [7, 11) is 0. The van der Waals surface area contributed by atoms with Gasteiger partial charge in [0.05, 0.1) is 18.1 Å². The Labute approximate surface area is 134 Å². The molecule has 3 rings (SSSR count). The number of hydrogen-bond donors (Lipinski definition) is 1. The summed E-state index contributed by atoms with van der Waals surface area (Å²) in [6.45, 7) is 3.44. The van der Waals surface area contributed by atoms with Crippen molar-refractivity contribution in [2.24, 2.45) is 5.92 Å². The maximum atomic E-state index is 12.3. The molecule has 0 aromatic heterocycles. The molecule has 0 spiro atoms. The molecule has 1 fully saturated rings. The smallest absolute Gasteiger partial charge is 0.310 e. The molecule has 2 aliphatic rings. The molecule has 0 unspecified atom stereocenters. The van der Waals surface area contributed by atoms with Crippen LogP contribution in [0.5, 0.6) is 11.5 Å². The van der Waals surface area contributed by atoms with Gasteiger partial charge in [0, 0.05) is 25.4 Å². The minimum absolute atomic E-state index is 0.0538. The molecule has 6 nitrogen and oxygen atoms in total. The number of esters is 1. The van der Waals surface area contributed by atoms with Gasteiger partial charge in [0.1, 0.15) is 11.5 Å². The lowest BCUT2D eigenvalue weighted by molar-refractivity contribution is -0.149. The van der Waals surface area contributed by atoms with Gasteiger partial charge in [-0.15, -0.1) is 0 Å². The lowest BCUT2D eigenvalue weighted by Gasteiger charge is -2.30. The topological polar surface area (TPSA) is 76.1 Å². The van der Waals surface area contributed by atoms with Crippen LogP contribution in [0, 0.1) is 5.92 Å². The van der Waals surface area contributed by atoms with Crippen molar-refractivity contribution in [2.45, 2.75) is 19.8 Å². The zero-order valence-electron chi connectivity index (χ0n) is 12.9. The standard InChI is InChI=1S/C17H19NO5/c1-2-22-17(21)11-4-3-7-18(9-11)10-15-16(20)13-6-5-12(19)8-14(13)23-15/h5-6,8,10-11,19H,2-4,7,9H2,1H3/t11-/m1/s1. The van der Waals surface area contributed by atoms with Gasteiger partial charge < -0.3 is 19.5 Å². The van der Waals surface area contributed by atoms with E-state index in [0.717, 1.165) is 19.4 Å². The molecule has 6 heteroatoms. The molecule has 0 radical (unpaired) electrons. The third kappa shape index (κ3) is 3.16. The molecule has 1 N–H and O–H groups in total. The number of nitrogens with zero attached hydrogens (tertiary/aromatic N) is 1. The third-order valence-electron chi connectivity index (χ3n) is 4.03. The number of likely N-dealkylation sites (tertiary alicyclic amines) is 1. The van der Waals surface area contributed by atoms with E-state index in [-0.39, 0.29) is 29.2 Å². The fraction of sp³-hybridized carbons (Fsp3) is 0.412. The van der Waals surface area contributed by atoms with Crippen molar-refractivity contribution >= 4 is 11.8 Å². The maximum Gasteiger partial charge on any atom is 0.310 e. The summed E-state index contributed by atoms with van der Waals surface area (Å²) in [5.41, 5.74) is 0.438. The molecule has 122 valence electrons. The minimum atomic E-state index is -0.210. The molecular formula is C17H19NO5. The van der Waals surface area contributed by atoms with E-state index in [1.165, 1.54) is 12.1 Å². The molecular weight excluding hydrogens is 298 g/mol. The van der Waals surface area contributed by atoms with Crippen LogP contribution in [0.4, 0.5) is 0 Å². The van der Waals surface area contributed by atoms with Gasteiger partial charge in [0.15, 0.2) is 5.76 Å². The average molecular weight is 317 g/mol. The Balaban J connectivity index is 1.72. The molecule has 2 heterocycles. The fourth-order valence-electron chi connectivity index (χ4n) is 2.91. The van der Waals surface area contributed by atoms with E-state index >= 15 is 0 Å². The van der Waals surface area contributed by atoms with Crippen LogP contribution < -0.4 is 4.74 Å². The number of phenolic OH excluding ortho intramolecular Hbond substituents is 1. The van der Waals surface area contributed by atoms with Gasteiger partial charge >= 0.3 is 5.97 Å². The van der Waals surface area contributed by atoms with Crippen molar-refractivity contribution in [3.8, 4) is 11.5 Å². The highest BCUT2D eigenvalue weighted by Crippen LogP contribution is 2.34. The highest BCUT2D eigenvalue weighted by Gasteiger charge is 2.30. The Morgan fingerprint density at radius 2 is 2.35 bits per heavy atom. The number of benzene rings is 1. The molecule has 2 aliphatic heterocycles. The summed E-state index contributed by atoms with van der Waals surface area (Å²) in [5.74, 6) is 0.0534. The van der Waals surface area contributed by atoms with Gasteiger partial charge in [0.25, 0.3) is 0 Å². The van der Waals surface area contributed by atoms with E-state index in [1.54, 1.807) is 19.2 Å². The van der Waals surface area contributed by atoms with Crippen LogP contribution in [0.1, 0.15) is 30.1 Å². The van der Waals surface area contributed by atoms with Gasteiger partial charge in [-0.3, -0.25) is 9.59 Å². The third-order valence-corrected chi connectivity index (χ3v) is 4.03. The normalized spacial score (nSPS) is 22.0. The van der Waals surface area contributed by atoms with Gasteiger partial charge in [-0.05, 0) is 31.9 Å². The lowest BCUT2D eigenvalue weighted by atomic mass is 9.98. The average Bonchev–Trinajstić information content (AvgIpc) is 2.83. The van der Waals surface area contributed by atoms with Gasteiger partial charge in [-0.1, -0.05) is 0 Å². The Bertz CT molecular complexity index is 667. The number of carbonyl (C=O) groups excluding carboxylic acids is 2. The largest absolute Gasteiger partial charge is 0.508 e. The monoisotopic (exact) mass is 317 g/mol.